The fourth-order valence-electron chi connectivity index (χ4n) is 3.49. The van der Waals surface area contributed by atoms with E-state index in [1.807, 2.05) is 13.0 Å². The Bertz CT molecular complexity index is 1180. The van der Waals surface area contributed by atoms with Crippen LogP contribution in [0.3, 0.4) is 0 Å². The lowest BCUT2D eigenvalue weighted by Gasteiger charge is -2.16. The third-order valence-corrected chi connectivity index (χ3v) is 5.45. The minimum absolute atomic E-state index is 0.0427. The molecule has 0 aliphatic heterocycles. The molecule has 0 spiro atoms. The van der Waals surface area contributed by atoms with E-state index in [0.29, 0.717) is 22.0 Å². The molecule has 1 aromatic heterocycles. The van der Waals surface area contributed by atoms with E-state index in [2.05, 4.69) is 0 Å². The third-order valence-electron chi connectivity index (χ3n) is 4.94. The monoisotopic (exact) mass is 494 g/mol. The smallest absolute Gasteiger partial charge is 0.432 e. The highest BCUT2D eigenvalue weighted by Crippen LogP contribution is 2.45. The second-order valence-electron chi connectivity index (χ2n) is 7.23. The van der Waals surface area contributed by atoms with Crippen LogP contribution in [0.2, 0.25) is 10.0 Å². The van der Waals surface area contributed by atoms with Crippen molar-refractivity contribution >= 4 is 29.2 Å². The number of nitrogens with zero attached hydrogens (tertiary/aromatic N) is 2. The van der Waals surface area contributed by atoms with Gasteiger partial charge in [0.1, 0.15) is 18.3 Å². The molecule has 33 heavy (non-hydrogen) atoms. The maximum absolute atomic E-state index is 14.4. The Morgan fingerprint density at radius 3 is 2.06 bits per heavy atom. The summed E-state index contributed by atoms with van der Waals surface area (Å²) >= 11 is 11.9. The summed E-state index contributed by atoms with van der Waals surface area (Å²) < 4.78 is 49.2. The van der Waals surface area contributed by atoms with Crippen molar-refractivity contribution in [1.82, 2.24) is 4.57 Å². The summed E-state index contributed by atoms with van der Waals surface area (Å²) in [5.41, 5.74) is -1.24. The molecule has 0 saturated heterocycles. The van der Waals surface area contributed by atoms with E-state index < -0.39 is 24.4 Å². The van der Waals surface area contributed by atoms with Gasteiger partial charge >= 0.3 is 12.1 Å². The summed E-state index contributed by atoms with van der Waals surface area (Å²) in [4.78, 5) is 12.5. The molecule has 2 aromatic carbocycles. The van der Waals surface area contributed by atoms with Crippen LogP contribution in [0, 0.1) is 11.3 Å². The predicted molar refractivity (Wildman–Crippen MR) is 121 cm³/mol. The summed E-state index contributed by atoms with van der Waals surface area (Å²) in [6.45, 7) is 1.29. The van der Waals surface area contributed by atoms with Crippen molar-refractivity contribution in [3.63, 3.8) is 0 Å². The van der Waals surface area contributed by atoms with E-state index in [-0.39, 0.29) is 29.0 Å². The molecule has 4 nitrogen and oxygen atoms in total. The van der Waals surface area contributed by atoms with E-state index in [4.69, 9.17) is 27.9 Å². The van der Waals surface area contributed by atoms with Crippen molar-refractivity contribution in [3.05, 3.63) is 69.8 Å². The Balaban J connectivity index is 2.32. The molecule has 172 valence electrons. The SMILES string of the molecule is CCCCOC(=O)Cn1c(-c2ccc(Cl)cc2)c(C#N)c(-c2ccc(Cl)cc2)c1C(F)(F)F. The number of benzene rings is 2. The fourth-order valence-corrected chi connectivity index (χ4v) is 3.74. The van der Waals surface area contributed by atoms with Crippen molar-refractivity contribution < 1.29 is 22.7 Å². The lowest BCUT2D eigenvalue weighted by atomic mass is 9.98. The van der Waals surface area contributed by atoms with E-state index in [1.54, 1.807) is 0 Å². The van der Waals surface area contributed by atoms with Gasteiger partial charge in [-0.1, -0.05) is 60.8 Å². The number of nitriles is 1. The van der Waals surface area contributed by atoms with Gasteiger partial charge in [-0.2, -0.15) is 18.4 Å². The summed E-state index contributed by atoms with van der Waals surface area (Å²) in [5.74, 6) is -0.827. The maximum Gasteiger partial charge on any atom is 0.432 e. The lowest BCUT2D eigenvalue weighted by Crippen LogP contribution is -2.21. The van der Waals surface area contributed by atoms with Crippen LogP contribution < -0.4 is 0 Å². The van der Waals surface area contributed by atoms with E-state index in [1.165, 1.54) is 48.5 Å². The standard InChI is InChI=1S/C24H19Cl2F3N2O2/c1-2-3-12-33-20(32)14-31-22(16-6-10-18(26)11-7-16)19(13-30)21(23(31)24(27,28)29)15-4-8-17(25)9-5-15/h4-11H,2-3,12,14H2,1H3. The van der Waals surface area contributed by atoms with Gasteiger partial charge in [-0.15, -0.1) is 0 Å². The maximum atomic E-state index is 14.4. The number of rotatable bonds is 7. The largest absolute Gasteiger partial charge is 0.464 e. The Kier molecular flexibility index (Phi) is 7.72. The van der Waals surface area contributed by atoms with E-state index >= 15 is 0 Å². The molecule has 0 saturated carbocycles. The van der Waals surface area contributed by atoms with Gasteiger partial charge in [0.15, 0.2) is 0 Å². The average molecular weight is 495 g/mol. The first-order valence-electron chi connectivity index (χ1n) is 10.1. The number of unbranched alkanes of at least 4 members (excludes halogenated alkanes) is 1. The lowest BCUT2D eigenvalue weighted by molar-refractivity contribution is -0.148. The molecule has 0 unspecified atom stereocenters. The number of carbonyl (C=O) groups is 1. The van der Waals surface area contributed by atoms with Gasteiger partial charge in [0, 0.05) is 15.6 Å². The highest BCUT2D eigenvalue weighted by molar-refractivity contribution is 6.31. The first-order valence-corrected chi connectivity index (χ1v) is 10.8. The number of ether oxygens (including phenoxy) is 1. The molecule has 0 bridgehead atoms. The van der Waals surface area contributed by atoms with Gasteiger partial charge < -0.3 is 9.30 Å². The minimum Gasteiger partial charge on any atom is -0.464 e. The quantitative estimate of drug-likeness (QED) is 0.254. The molecule has 0 amide bonds. The van der Waals surface area contributed by atoms with Crippen LogP contribution in [-0.2, 0) is 22.3 Å². The number of aromatic nitrogens is 1. The molecule has 1 heterocycles. The van der Waals surface area contributed by atoms with Crippen molar-refractivity contribution in [2.75, 3.05) is 6.61 Å². The minimum atomic E-state index is -4.87. The fraction of sp³-hybridized carbons (Fsp3) is 0.250. The molecule has 0 atom stereocenters. The first kappa shape index (κ1) is 24.7. The molecule has 0 aliphatic carbocycles. The molecular formula is C24H19Cl2F3N2O2. The van der Waals surface area contributed by atoms with Crippen LogP contribution in [0.15, 0.2) is 48.5 Å². The zero-order valence-corrected chi connectivity index (χ0v) is 19.1. The van der Waals surface area contributed by atoms with Gasteiger partial charge in [0.25, 0.3) is 0 Å². The number of esters is 1. The summed E-state index contributed by atoms with van der Waals surface area (Å²) in [7, 11) is 0. The molecule has 0 N–H and O–H groups in total. The van der Waals surface area contributed by atoms with Gasteiger partial charge in [0.2, 0.25) is 0 Å². The van der Waals surface area contributed by atoms with Gasteiger partial charge in [0.05, 0.1) is 17.9 Å². The Labute approximate surface area is 199 Å². The van der Waals surface area contributed by atoms with Crippen LogP contribution in [0.25, 0.3) is 22.4 Å². The number of hydrogen-bond donors (Lipinski definition) is 0. The van der Waals surface area contributed by atoms with Crippen molar-refractivity contribution in [3.8, 4) is 28.5 Å². The van der Waals surface area contributed by atoms with E-state index in [9.17, 15) is 23.2 Å². The van der Waals surface area contributed by atoms with Crippen molar-refractivity contribution in [2.24, 2.45) is 0 Å². The van der Waals surface area contributed by atoms with Crippen molar-refractivity contribution in [1.29, 1.82) is 5.26 Å². The molecule has 9 heteroatoms. The average Bonchev–Trinajstić information content (AvgIpc) is 3.09. The Hall–Kier alpha value is -2.95. The van der Waals surface area contributed by atoms with Crippen LogP contribution in [0.5, 0.6) is 0 Å². The highest BCUT2D eigenvalue weighted by atomic mass is 35.5. The first-order chi connectivity index (χ1) is 15.7. The van der Waals surface area contributed by atoms with Gasteiger partial charge in [-0.05, 0) is 41.8 Å². The predicted octanol–water partition coefficient (Wildman–Crippen LogP) is 7.36. The van der Waals surface area contributed by atoms with Gasteiger partial charge in [-0.25, -0.2) is 0 Å². The molecule has 0 aliphatic rings. The Morgan fingerprint density at radius 2 is 1.58 bits per heavy atom. The summed E-state index contributed by atoms with van der Waals surface area (Å²) in [6.07, 6.45) is -3.51. The summed E-state index contributed by atoms with van der Waals surface area (Å²) in [6, 6.07) is 13.6. The molecule has 3 aromatic rings. The molecule has 3 rings (SSSR count). The zero-order chi connectivity index (χ0) is 24.2. The molecular weight excluding hydrogens is 476 g/mol. The van der Waals surface area contributed by atoms with Crippen LogP contribution in [-0.4, -0.2) is 17.1 Å². The second kappa shape index (κ2) is 10.3. The second-order valence-corrected chi connectivity index (χ2v) is 8.10. The normalized spacial score (nSPS) is 11.3. The Morgan fingerprint density at radius 1 is 1.03 bits per heavy atom. The van der Waals surface area contributed by atoms with Crippen molar-refractivity contribution in [2.45, 2.75) is 32.5 Å². The van der Waals surface area contributed by atoms with Crippen LogP contribution in [0.1, 0.15) is 31.0 Å². The molecule has 0 fully saturated rings. The summed E-state index contributed by atoms with van der Waals surface area (Å²) in [5, 5.41) is 10.7. The highest BCUT2D eigenvalue weighted by Gasteiger charge is 2.42. The van der Waals surface area contributed by atoms with Crippen LogP contribution >= 0.6 is 23.2 Å². The zero-order valence-electron chi connectivity index (χ0n) is 17.5. The number of alkyl halides is 3. The molecule has 0 radical (unpaired) electrons. The topological polar surface area (TPSA) is 55.0 Å². The number of carbonyl (C=O) groups excluding carboxylic acids is 1. The number of halogens is 5. The third kappa shape index (κ3) is 5.52. The van der Waals surface area contributed by atoms with Gasteiger partial charge in [-0.3, -0.25) is 4.79 Å². The number of hydrogen-bond acceptors (Lipinski definition) is 3. The van der Waals surface area contributed by atoms with Crippen LogP contribution in [0.4, 0.5) is 13.2 Å². The van der Waals surface area contributed by atoms with E-state index in [0.717, 1.165) is 11.0 Å².